The van der Waals surface area contributed by atoms with Gasteiger partial charge in [-0.3, -0.25) is 0 Å². The highest BCUT2D eigenvalue weighted by Crippen LogP contribution is 2.18. The van der Waals surface area contributed by atoms with E-state index in [1.165, 1.54) is 22.3 Å². The summed E-state index contributed by atoms with van der Waals surface area (Å²) >= 11 is 0. The molecule has 0 atom stereocenters. The number of rotatable bonds is 2. The van der Waals surface area contributed by atoms with Crippen LogP contribution in [0.15, 0.2) is 12.1 Å². The Bertz CT molecular complexity index is 345. The third kappa shape index (κ3) is 2.09. The van der Waals surface area contributed by atoms with Crippen molar-refractivity contribution in [2.45, 2.75) is 33.6 Å². The van der Waals surface area contributed by atoms with Crippen molar-refractivity contribution in [2.75, 3.05) is 0 Å². The van der Waals surface area contributed by atoms with Crippen LogP contribution in [0.2, 0.25) is 0 Å². The molecule has 0 fully saturated rings. The summed E-state index contributed by atoms with van der Waals surface area (Å²) in [5.41, 5.74) is 5.31. The average Bonchev–Trinajstić information content (AvgIpc) is 2.12. The number of nitrogens with zero attached hydrogens (tertiary/aromatic N) is 1. The Morgan fingerprint density at radius 2 is 1.77 bits per heavy atom. The highest BCUT2D eigenvalue weighted by atomic mass is 14.2. The zero-order valence-electron chi connectivity index (χ0n) is 8.52. The van der Waals surface area contributed by atoms with Crippen molar-refractivity contribution in [2.24, 2.45) is 0 Å². The molecule has 0 radical (unpaired) electrons. The Morgan fingerprint density at radius 1 is 1.15 bits per heavy atom. The first kappa shape index (κ1) is 9.80. The first-order valence-electron chi connectivity index (χ1n) is 4.59. The van der Waals surface area contributed by atoms with Gasteiger partial charge in [0.05, 0.1) is 6.07 Å². The Morgan fingerprint density at radius 3 is 2.38 bits per heavy atom. The van der Waals surface area contributed by atoms with E-state index in [1.807, 2.05) is 0 Å². The lowest BCUT2D eigenvalue weighted by Gasteiger charge is -2.10. The number of hydrogen-bond donors (Lipinski definition) is 0. The lowest BCUT2D eigenvalue weighted by molar-refractivity contribution is 0.975. The van der Waals surface area contributed by atoms with Gasteiger partial charge in [0.15, 0.2) is 0 Å². The summed E-state index contributed by atoms with van der Waals surface area (Å²) in [4.78, 5) is 0. The maximum atomic E-state index is 8.53. The van der Waals surface area contributed by atoms with Gasteiger partial charge in [-0.25, -0.2) is 0 Å². The normalized spacial score (nSPS) is 9.69. The largest absolute Gasteiger partial charge is 0.198 e. The van der Waals surface area contributed by atoms with Crippen LogP contribution < -0.4 is 0 Å². The van der Waals surface area contributed by atoms with Crippen molar-refractivity contribution in [1.29, 1.82) is 5.26 Å². The van der Waals surface area contributed by atoms with Crippen molar-refractivity contribution < 1.29 is 0 Å². The molecule has 0 unspecified atom stereocenters. The summed E-state index contributed by atoms with van der Waals surface area (Å²) in [6.45, 7) is 6.36. The molecule has 0 aromatic heterocycles. The van der Waals surface area contributed by atoms with E-state index in [9.17, 15) is 0 Å². The lowest BCUT2D eigenvalue weighted by Crippen LogP contribution is -1.95. The average molecular weight is 173 g/mol. The molecule has 0 aliphatic rings. The van der Waals surface area contributed by atoms with Crippen LogP contribution in [0, 0.1) is 32.1 Å². The van der Waals surface area contributed by atoms with Crippen LogP contribution in [-0.4, -0.2) is 0 Å². The fraction of sp³-hybridized carbons (Fsp3) is 0.417. The monoisotopic (exact) mass is 173 g/mol. The molecule has 0 amide bonds. The second kappa shape index (κ2) is 4.09. The van der Waals surface area contributed by atoms with E-state index in [4.69, 9.17) is 5.26 Å². The molecular formula is C12H15N. The van der Waals surface area contributed by atoms with Gasteiger partial charge in [-0.2, -0.15) is 5.26 Å². The smallest absolute Gasteiger partial charge is 0.0625 e. The van der Waals surface area contributed by atoms with Crippen molar-refractivity contribution in [3.63, 3.8) is 0 Å². The first-order chi connectivity index (χ1) is 6.16. The summed E-state index contributed by atoms with van der Waals surface area (Å²) < 4.78 is 0. The second-order valence-corrected chi connectivity index (χ2v) is 3.46. The maximum absolute atomic E-state index is 8.53. The van der Waals surface area contributed by atoms with Crippen LogP contribution in [0.4, 0.5) is 0 Å². The lowest BCUT2D eigenvalue weighted by atomic mass is 9.95. The van der Waals surface area contributed by atoms with Gasteiger partial charge in [-0.1, -0.05) is 12.1 Å². The summed E-state index contributed by atoms with van der Waals surface area (Å²) in [5, 5.41) is 8.53. The van der Waals surface area contributed by atoms with E-state index in [2.05, 4.69) is 39.0 Å². The molecule has 0 spiro atoms. The molecule has 1 aromatic rings. The predicted octanol–water partition coefficient (Wildman–Crippen LogP) is 3.07. The third-order valence-electron chi connectivity index (χ3n) is 2.59. The molecule has 0 saturated heterocycles. The van der Waals surface area contributed by atoms with Crippen molar-refractivity contribution in [1.82, 2.24) is 0 Å². The quantitative estimate of drug-likeness (QED) is 0.674. The van der Waals surface area contributed by atoms with Crippen LogP contribution in [0.3, 0.4) is 0 Å². The van der Waals surface area contributed by atoms with E-state index >= 15 is 0 Å². The van der Waals surface area contributed by atoms with E-state index in [-0.39, 0.29) is 0 Å². The topological polar surface area (TPSA) is 23.8 Å². The minimum atomic E-state index is 0.616. The summed E-state index contributed by atoms with van der Waals surface area (Å²) in [6, 6.07) is 6.46. The van der Waals surface area contributed by atoms with Crippen LogP contribution in [0.5, 0.6) is 0 Å². The fourth-order valence-corrected chi connectivity index (χ4v) is 1.57. The number of aryl methyl sites for hydroxylation is 2. The van der Waals surface area contributed by atoms with Gasteiger partial charge in [0, 0.05) is 6.42 Å². The molecule has 0 aliphatic heterocycles. The minimum absolute atomic E-state index is 0.616. The minimum Gasteiger partial charge on any atom is -0.198 e. The SMILES string of the molecule is Cc1ccc(C)c(CCC#N)c1C. The number of nitriles is 1. The Balaban J connectivity index is 3.04. The van der Waals surface area contributed by atoms with Gasteiger partial charge in [0.25, 0.3) is 0 Å². The molecule has 68 valence electrons. The second-order valence-electron chi connectivity index (χ2n) is 3.46. The molecule has 0 bridgehead atoms. The van der Waals surface area contributed by atoms with Gasteiger partial charge in [0.1, 0.15) is 0 Å². The highest BCUT2D eigenvalue weighted by Gasteiger charge is 2.03. The van der Waals surface area contributed by atoms with Crippen LogP contribution in [-0.2, 0) is 6.42 Å². The Labute approximate surface area is 80.0 Å². The predicted molar refractivity (Wildman–Crippen MR) is 54.6 cm³/mol. The first-order valence-corrected chi connectivity index (χ1v) is 4.59. The van der Waals surface area contributed by atoms with Crippen molar-refractivity contribution >= 4 is 0 Å². The van der Waals surface area contributed by atoms with E-state index < -0.39 is 0 Å². The summed E-state index contributed by atoms with van der Waals surface area (Å²) in [7, 11) is 0. The van der Waals surface area contributed by atoms with Crippen LogP contribution >= 0.6 is 0 Å². The molecule has 13 heavy (non-hydrogen) atoms. The molecule has 1 nitrogen and oxygen atoms in total. The molecule has 0 N–H and O–H groups in total. The summed E-state index contributed by atoms with van der Waals surface area (Å²) in [5.74, 6) is 0. The van der Waals surface area contributed by atoms with Crippen molar-refractivity contribution in [3.8, 4) is 6.07 Å². The van der Waals surface area contributed by atoms with Crippen LogP contribution in [0.25, 0.3) is 0 Å². The molecule has 0 saturated carbocycles. The molecule has 0 aliphatic carbocycles. The standard InChI is InChI=1S/C12H15N/c1-9-6-7-10(2)12(11(9)3)5-4-8-13/h6-7H,4-5H2,1-3H3. The molecule has 1 rings (SSSR count). The Kier molecular flexibility index (Phi) is 3.08. The van der Waals surface area contributed by atoms with Crippen LogP contribution in [0.1, 0.15) is 28.7 Å². The van der Waals surface area contributed by atoms with Gasteiger partial charge < -0.3 is 0 Å². The van der Waals surface area contributed by atoms with E-state index in [0.29, 0.717) is 6.42 Å². The zero-order chi connectivity index (χ0) is 9.84. The van der Waals surface area contributed by atoms with Gasteiger partial charge in [-0.05, 0) is 49.4 Å². The molecule has 0 heterocycles. The summed E-state index contributed by atoms with van der Waals surface area (Å²) in [6.07, 6.45) is 1.50. The highest BCUT2D eigenvalue weighted by molar-refractivity contribution is 5.39. The molecule has 1 aromatic carbocycles. The van der Waals surface area contributed by atoms with Gasteiger partial charge in [0.2, 0.25) is 0 Å². The zero-order valence-corrected chi connectivity index (χ0v) is 8.52. The molecular weight excluding hydrogens is 158 g/mol. The molecule has 1 heteroatoms. The number of hydrogen-bond acceptors (Lipinski definition) is 1. The van der Waals surface area contributed by atoms with Gasteiger partial charge >= 0.3 is 0 Å². The van der Waals surface area contributed by atoms with Crippen molar-refractivity contribution in [3.05, 3.63) is 34.4 Å². The Hall–Kier alpha value is -1.29. The number of benzene rings is 1. The third-order valence-corrected chi connectivity index (χ3v) is 2.59. The van der Waals surface area contributed by atoms with E-state index in [0.717, 1.165) is 6.42 Å². The fourth-order valence-electron chi connectivity index (χ4n) is 1.57. The van der Waals surface area contributed by atoms with E-state index in [1.54, 1.807) is 0 Å². The maximum Gasteiger partial charge on any atom is 0.0625 e. The van der Waals surface area contributed by atoms with Gasteiger partial charge in [-0.15, -0.1) is 0 Å².